The molecule has 0 aromatic carbocycles. The van der Waals surface area contributed by atoms with Crippen LogP contribution >= 0.6 is 0 Å². The van der Waals surface area contributed by atoms with Crippen LogP contribution in [0, 0.1) is 39.9 Å². The van der Waals surface area contributed by atoms with Crippen molar-refractivity contribution in [2.75, 3.05) is 14.1 Å². The highest BCUT2D eigenvalue weighted by atomic mass is 16.4. The number of aliphatic carboxylic acids is 1. The van der Waals surface area contributed by atoms with Gasteiger partial charge in [0, 0.05) is 6.04 Å². The Morgan fingerprint density at radius 2 is 1.76 bits per heavy atom. The van der Waals surface area contributed by atoms with Crippen LogP contribution in [0.15, 0.2) is 0 Å². The van der Waals surface area contributed by atoms with Gasteiger partial charge in [0.05, 0.1) is 12.1 Å². The van der Waals surface area contributed by atoms with Gasteiger partial charge in [-0.15, -0.1) is 0 Å². The number of nitrogens with two attached hydrogens (primary N) is 1. The number of nitrogens with zero attached hydrogens (tertiary/aromatic N) is 3. The van der Waals surface area contributed by atoms with Crippen molar-refractivity contribution in [2.24, 2.45) is 34.3 Å². The van der Waals surface area contributed by atoms with Gasteiger partial charge in [0.1, 0.15) is 12.1 Å². The van der Waals surface area contributed by atoms with Gasteiger partial charge in [0.15, 0.2) is 0 Å². The van der Waals surface area contributed by atoms with Gasteiger partial charge in [-0.25, -0.2) is 0 Å². The molecule has 7 heteroatoms. The van der Waals surface area contributed by atoms with Crippen LogP contribution in [-0.4, -0.2) is 65.0 Å². The largest absolute Gasteiger partial charge is 0.480 e. The normalized spacial score (nSPS) is 46.3. The fraction of sp³-hybridized carbons (Fsp3) is 0.864. The fourth-order valence-corrected chi connectivity index (χ4v) is 8.43. The van der Waals surface area contributed by atoms with Gasteiger partial charge < -0.3 is 15.7 Å². The average Bonchev–Trinajstić information content (AvgIpc) is 3.28. The molecule has 5 saturated carbocycles. The Balaban J connectivity index is 1.46. The molecular weight excluding hydrogens is 368 g/mol. The van der Waals surface area contributed by atoms with Crippen molar-refractivity contribution in [2.45, 2.75) is 75.5 Å². The van der Waals surface area contributed by atoms with Crippen LogP contribution in [0.3, 0.4) is 0 Å². The van der Waals surface area contributed by atoms with E-state index in [1.165, 1.54) is 0 Å². The second-order valence-electron chi connectivity index (χ2n) is 11.1. The highest BCUT2D eigenvalue weighted by Crippen LogP contribution is 2.67. The van der Waals surface area contributed by atoms with Gasteiger partial charge >= 0.3 is 5.97 Å². The minimum Gasteiger partial charge on any atom is -0.480 e. The summed E-state index contributed by atoms with van der Waals surface area (Å²) >= 11 is 0. The van der Waals surface area contributed by atoms with Gasteiger partial charge in [0.2, 0.25) is 5.91 Å². The van der Waals surface area contributed by atoms with E-state index in [0.29, 0.717) is 24.2 Å². The molecule has 29 heavy (non-hydrogen) atoms. The first-order valence-electron chi connectivity index (χ1n) is 11.1. The highest BCUT2D eigenvalue weighted by molar-refractivity contribution is 5.84. The maximum absolute atomic E-state index is 13.5. The summed E-state index contributed by atoms with van der Waals surface area (Å²) in [5, 5.41) is 19.6. The minimum absolute atomic E-state index is 0.0598. The molecule has 7 nitrogen and oxygen atoms in total. The molecule has 1 aliphatic heterocycles. The van der Waals surface area contributed by atoms with Crippen LogP contribution in [0.4, 0.5) is 0 Å². The number of carbonyl (C=O) groups excluding carboxylic acids is 1. The lowest BCUT2D eigenvalue weighted by Gasteiger charge is -2.65. The molecule has 6 fully saturated rings. The van der Waals surface area contributed by atoms with E-state index in [0.717, 1.165) is 44.9 Å². The minimum atomic E-state index is -0.767. The molecule has 158 valence electrons. The van der Waals surface area contributed by atoms with Gasteiger partial charge in [-0.05, 0) is 94.0 Å². The van der Waals surface area contributed by atoms with Crippen LogP contribution < -0.4 is 5.73 Å². The van der Waals surface area contributed by atoms with E-state index >= 15 is 0 Å². The van der Waals surface area contributed by atoms with Crippen LogP contribution in [-0.2, 0) is 9.59 Å². The summed E-state index contributed by atoms with van der Waals surface area (Å²) in [6.07, 6.45) is 7.35. The number of likely N-dealkylation sites (N-methyl/N-ethyl adjacent to an activating group) is 1. The number of hydrogen-bond acceptors (Lipinski definition) is 5. The van der Waals surface area contributed by atoms with Gasteiger partial charge in [-0.2, -0.15) is 5.26 Å². The summed E-state index contributed by atoms with van der Waals surface area (Å²) in [4.78, 5) is 29.4. The third-order valence-electron chi connectivity index (χ3n) is 8.92. The van der Waals surface area contributed by atoms with Crippen LogP contribution in [0.25, 0.3) is 0 Å². The van der Waals surface area contributed by atoms with Crippen LogP contribution in [0.1, 0.15) is 51.4 Å². The summed E-state index contributed by atoms with van der Waals surface area (Å²) in [6, 6.07) is 1.00. The van der Waals surface area contributed by atoms with E-state index in [1.807, 2.05) is 19.0 Å². The SMILES string of the molecule is CN(C)C(C(=O)O)C12CC3C[C@H](C1)CC([C@H](N)C(=O)N1C4CC4C[C@H]1C#N)(C3)C2. The Morgan fingerprint density at radius 3 is 2.31 bits per heavy atom. The molecule has 0 aromatic heterocycles. The average molecular weight is 401 g/mol. The van der Waals surface area contributed by atoms with E-state index in [1.54, 1.807) is 4.90 Å². The van der Waals surface area contributed by atoms with Crippen molar-refractivity contribution in [1.29, 1.82) is 5.26 Å². The summed E-state index contributed by atoms with van der Waals surface area (Å²) in [5.74, 6) is 0.558. The molecule has 0 aromatic rings. The smallest absolute Gasteiger partial charge is 0.321 e. The summed E-state index contributed by atoms with van der Waals surface area (Å²) in [5.41, 5.74) is 6.12. The van der Waals surface area contributed by atoms with Crippen LogP contribution in [0.5, 0.6) is 0 Å². The van der Waals surface area contributed by atoms with Crippen molar-refractivity contribution < 1.29 is 14.7 Å². The number of fused-ring (bicyclic) bond motifs is 1. The molecule has 1 heterocycles. The van der Waals surface area contributed by atoms with E-state index < -0.39 is 18.1 Å². The number of rotatable bonds is 5. The van der Waals surface area contributed by atoms with Crippen molar-refractivity contribution in [3.8, 4) is 6.07 Å². The number of carboxylic acids is 1. The number of likely N-dealkylation sites (tertiary alicyclic amines) is 1. The lowest BCUT2D eigenvalue weighted by atomic mass is 9.41. The summed E-state index contributed by atoms with van der Waals surface area (Å²) in [7, 11) is 3.70. The first-order chi connectivity index (χ1) is 13.7. The zero-order valence-electron chi connectivity index (χ0n) is 17.4. The zero-order valence-corrected chi connectivity index (χ0v) is 17.4. The summed E-state index contributed by atoms with van der Waals surface area (Å²) < 4.78 is 0. The third kappa shape index (κ3) is 2.68. The van der Waals surface area contributed by atoms with E-state index in [9.17, 15) is 20.0 Å². The Bertz CT molecular complexity index is 775. The standard InChI is InChI=1S/C22H32N4O3/c1-25(2)18(20(28)29)22-8-12-3-13(9-22)7-21(6-12,11-22)17(24)19(27)26-15(10-23)4-14-5-16(14)26/h12-18H,3-9,11,24H2,1-2H3,(H,28,29)/t12-,13?,14?,15-,16?,17+,18?,21?,22?/m0/s1. The van der Waals surface area contributed by atoms with Gasteiger partial charge in [-0.1, -0.05) is 0 Å². The molecule has 1 amide bonds. The molecule has 6 unspecified atom stereocenters. The second kappa shape index (κ2) is 6.18. The molecule has 1 saturated heterocycles. The van der Waals surface area contributed by atoms with Crippen molar-refractivity contribution in [1.82, 2.24) is 9.80 Å². The fourth-order valence-electron chi connectivity index (χ4n) is 8.43. The first kappa shape index (κ1) is 19.3. The number of amides is 1. The number of carboxylic acid groups (broad SMARTS) is 1. The molecule has 0 spiro atoms. The highest BCUT2D eigenvalue weighted by Gasteiger charge is 2.65. The number of carbonyl (C=O) groups is 2. The van der Waals surface area contributed by atoms with Crippen molar-refractivity contribution in [3.63, 3.8) is 0 Å². The molecular formula is C22H32N4O3. The molecule has 0 radical (unpaired) electrons. The van der Waals surface area contributed by atoms with Gasteiger partial charge in [0.25, 0.3) is 0 Å². The Kier molecular flexibility index (Phi) is 4.12. The monoisotopic (exact) mass is 400 g/mol. The third-order valence-corrected chi connectivity index (χ3v) is 8.92. The lowest BCUT2D eigenvalue weighted by Crippen LogP contribution is -2.67. The van der Waals surface area contributed by atoms with Crippen molar-refractivity contribution >= 4 is 11.9 Å². The quantitative estimate of drug-likeness (QED) is 0.722. The Labute approximate surface area is 172 Å². The predicted molar refractivity (Wildman–Crippen MR) is 105 cm³/mol. The zero-order chi connectivity index (χ0) is 20.7. The summed E-state index contributed by atoms with van der Waals surface area (Å²) in [6.45, 7) is 0. The van der Waals surface area contributed by atoms with E-state index in [-0.39, 0.29) is 28.8 Å². The van der Waals surface area contributed by atoms with Gasteiger partial charge in [-0.3, -0.25) is 14.5 Å². The first-order valence-corrected chi connectivity index (χ1v) is 11.1. The maximum Gasteiger partial charge on any atom is 0.321 e. The second-order valence-corrected chi connectivity index (χ2v) is 11.1. The molecule has 4 bridgehead atoms. The molecule has 9 atom stereocenters. The van der Waals surface area contributed by atoms with Crippen molar-refractivity contribution in [3.05, 3.63) is 0 Å². The molecule has 5 aliphatic carbocycles. The maximum atomic E-state index is 13.5. The molecule has 3 N–H and O–H groups in total. The number of nitriles is 1. The Hall–Kier alpha value is -1.65. The Morgan fingerprint density at radius 1 is 1.14 bits per heavy atom. The van der Waals surface area contributed by atoms with E-state index in [2.05, 4.69) is 6.07 Å². The van der Waals surface area contributed by atoms with E-state index in [4.69, 9.17) is 5.73 Å². The predicted octanol–water partition coefficient (Wildman–Crippen LogP) is 1.43. The van der Waals surface area contributed by atoms with Crippen LogP contribution in [0.2, 0.25) is 0 Å². The number of hydrogen-bond donors (Lipinski definition) is 2. The molecule has 6 aliphatic rings. The lowest BCUT2D eigenvalue weighted by molar-refractivity contribution is -0.176. The molecule has 6 rings (SSSR count). The number of piperidine rings is 1. The topological polar surface area (TPSA) is 111 Å².